The lowest BCUT2D eigenvalue weighted by Crippen LogP contribution is -2.43. The lowest BCUT2D eigenvalue weighted by atomic mass is 9.97. The molecule has 2 unspecified atom stereocenters. The Morgan fingerprint density at radius 3 is 3.11 bits per heavy atom. The highest BCUT2D eigenvalue weighted by atomic mass is 16.6. The molecule has 1 aliphatic rings. The van der Waals surface area contributed by atoms with E-state index in [2.05, 4.69) is 10.4 Å². The van der Waals surface area contributed by atoms with Crippen LogP contribution >= 0.6 is 0 Å². The van der Waals surface area contributed by atoms with Crippen molar-refractivity contribution in [2.45, 2.75) is 25.0 Å². The lowest BCUT2D eigenvalue weighted by Gasteiger charge is -2.25. The molecule has 0 bridgehead atoms. The number of nitro groups is 1. The minimum Gasteiger partial charge on any atom is -0.385 e. The number of hydrogen-bond acceptors (Lipinski definition) is 6. The van der Waals surface area contributed by atoms with E-state index in [0.717, 1.165) is 0 Å². The molecule has 2 atom stereocenters. The summed E-state index contributed by atoms with van der Waals surface area (Å²) in [4.78, 5) is 10.3. The van der Waals surface area contributed by atoms with Gasteiger partial charge in [0.1, 0.15) is 11.8 Å². The topological polar surface area (TPSA) is 102 Å². The molecule has 100 valence electrons. The number of ether oxygens (including phenoxy) is 1. The van der Waals surface area contributed by atoms with Gasteiger partial charge in [-0.05, 0) is 6.92 Å². The molecule has 1 aromatic rings. The second-order valence-electron chi connectivity index (χ2n) is 4.51. The Balaban J connectivity index is 2.08. The van der Waals surface area contributed by atoms with Gasteiger partial charge in [0.2, 0.25) is 5.82 Å². The van der Waals surface area contributed by atoms with Crippen LogP contribution in [0.15, 0.2) is 6.20 Å². The van der Waals surface area contributed by atoms with Gasteiger partial charge in [0.05, 0.1) is 11.0 Å². The van der Waals surface area contributed by atoms with Crippen LogP contribution in [0.5, 0.6) is 0 Å². The van der Waals surface area contributed by atoms with Crippen LogP contribution in [-0.4, -0.2) is 44.7 Å². The van der Waals surface area contributed by atoms with Gasteiger partial charge in [-0.1, -0.05) is 0 Å². The summed E-state index contributed by atoms with van der Waals surface area (Å²) < 4.78 is 6.65. The normalized spacial score (nSPS) is 27.4. The van der Waals surface area contributed by atoms with E-state index < -0.39 is 10.5 Å². The number of anilines is 1. The largest absolute Gasteiger partial charge is 0.385 e. The highest BCUT2D eigenvalue weighted by molar-refractivity contribution is 5.54. The minimum absolute atomic E-state index is 0.104. The summed E-state index contributed by atoms with van der Waals surface area (Å²) in [6.45, 7) is 2.44. The Hall–Kier alpha value is -1.67. The summed E-state index contributed by atoms with van der Waals surface area (Å²) in [5, 5.41) is 27.9. The quantitative estimate of drug-likeness (QED) is 0.592. The van der Waals surface area contributed by atoms with E-state index in [1.54, 1.807) is 14.0 Å². The molecule has 0 saturated carbocycles. The van der Waals surface area contributed by atoms with Crippen LogP contribution in [0, 0.1) is 10.1 Å². The maximum absolute atomic E-state index is 10.8. The maximum atomic E-state index is 10.8. The van der Waals surface area contributed by atoms with Crippen molar-refractivity contribution in [2.24, 2.45) is 7.05 Å². The average Bonchev–Trinajstić information content (AvgIpc) is 2.82. The Morgan fingerprint density at radius 1 is 1.83 bits per heavy atom. The number of nitrogens with one attached hydrogen (secondary N) is 1. The van der Waals surface area contributed by atoms with E-state index >= 15 is 0 Å². The molecule has 1 saturated heterocycles. The first kappa shape index (κ1) is 12.8. The van der Waals surface area contributed by atoms with Gasteiger partial charge in [0.25, 0.3) is 0 Å². The molecule has 0 aliphatic carbocycles. The first-order chi connectivity index (χ1) is 8.42. The first-order valence-electron chi connectivity index (χ1n) is 5.68. The molecule has 8 heteroatoms. The zero-order valence-corrected chi connectivity index (χ0v) is 10.3. The monoisotopic (exact) mass is 256 g/mol. The highest BCUT2D eigenvalue weighted by Gasteiger charge is 2.39. The van der Waals surface area contributed by atoms with E-state index in [0.29, 0.717) is 13.0 Å². The molecule has 1 aliphatic heterocycles. The lowest BCUT2D eigenvalue weighted by molar-refractivity contribution is -0.384. The highest BCUT2D eigenvalue weighted by Crippen LogP contribution is 2.28. The third kappa shape index (κ3) is 2.29. The van der Waals surface area contributed by atoms with Crippen molar-refractivity contribution < 1.29 is 14.8 Å². The van der Waals surface area contributed by atoms with Crippen molar-refractivity contribution in [2.75, 3.05) is 18.5 Å². The SMILES string of the molecule is CC1OCCC1(O)CNc1nn(C)cc1[N+](=O)[O-]. The van der Waals surface area contributed by atoms with Crippen molar-refractivity contribution >= 4 is 11.5 Å². The van der Waals surface area contributed by atoms with Crippen molar-refractivity contribution in [1.82, 2.24) is 9.78 Å². The molecule has 0 radical (unpaired) electrons. The van der Waals surface area contributed by atoms with Gasteiger partial charge in [-0.25, -0.2) is 0 Å². The molecular formula is C10H16N4O4. The molecule has 2 N–H and O–H groups in total. The number of aromatic nitrogens is 2. The van der Waals surface area contributed by atoms with Crippen LogP contribution in [0.1, 0.15) is 13.3 Å². The van der Waals surface area contributed by atoms with Crippen LogP contribution in [0.25, 0.3) is 0 Å². The van der Waals surface area contributed by atoms with Crippen LogP contribution in [-0.2, 0) is 11.8 Å². The molecular weight excluding hydrogens is 240 g/mol. The fourth-order valence-corrected chi connectivity index (χ4v) is 1.98. The van der Waals surface area contributed by atoms with Gasteiger partial charge >= 0.3 is 5.69 Å². The second kappa shape index (κ2) is 4.54. The predicted molar refractivity (Wildman–Crippen MR) is 63.3 cm³/mol. The Labute approximate surface area is 104 Å². The van der Waals surface area contributed by atoms with E-state index in [1.165, 1.54) is 10.9 Å². The van der Waals surface area contributed by atoms with Gasteiger partial charge in [-0.2, -0.15) is 0 Å². The fourth-order valence-electron chi connectivity index (χ4n) is 1.98. The summed E-state index contributed by atoms with van der Waals surface area (Å²) in [5.74, 6) is 0.162. The summed E-state index contributed by atoms with van der Waals surface area (Å²) in [6, 6.07) is 0. The molecule has 18 heavy (non-hydrogen) atoms. The first-order valence-corrected chi connectivity index (χ1v) is 5.68. The van der Waals surface area contributed by atoms with E-state index in [1.807, 2.05) is 0 Å². The summed E-state index contributed by atoms with van der Waals surface area (Å²) in [5.41, 5.74) is -1.11. The fraction of sp³-hybridized carbons (Fsp3) is 0.700. The van der Waals surface area contributed by atoms with Crippen molar-refractivity contribution in [3.8, 4) is 0 Å². The van der Waals surface area contributed by atoms with Crippen molar-refractivity contribution in [3.05, 3.63) is 16.3 Å². The summed E-state index contributed by atoms with van der Waals surface area (Å²) in [6.07, 6.45) is 1.52. The Morgan fingerprint density at radius 2 is 2.56 bits per heavy atom. The average molecular weight is 256 g/mol. The minimum atomic E-state index is -1.01. The Kier molecular flexibility index (Phi) is 3.22. The molecule has 2 rings (SSSR count). The molecule has 0 aromatic carbocycles. The van der Waals surface area contributed by atoms with Crippen LogP contribution in [0.4, 0.5) is 11.5 Å². The van der Waals surface area contributed by atoms with Crippen LogP contribution < -0.4 is 5.32 Å². The molecule has 0 amide bonds. The number of aryl methyl sites for hydroxylation is 1. The molecule has 1 fully saturated rings. The number of rotatable bonds is 4. The van der Waals surface area contributed by atoms with Gasteiger partial charge < -0.3 is 15.2 Å². The second-order valence-corrected chi connectivity index (χ2v) is 4.51. The van der Waals surface area contributed by atoms with Crippen molar-refractivity contribution in [3.63, 3.8) is 0 Å². The van der Waals surface area contributed by atoms with Crippen molar-refractivity contribution in [1.29, 1.82) is 0 Å². The predicted octanol–water partition coefficient (Wildman–Crippen LogP) is 0.280. The molecule has 0 spiro atoms. The summed E-state index contributed by atoms with van der Waals surface area (Å²) >= 11 is 0. The van der Waals surface area contributed by atoms with Gasteiger partial charge in [0.15, 0.2) is 0 Å². The smallest absolute Gasteiger partial charge is 0.330 e. The maximum Gasteiger partial charge on any atom is 0.330 e. The number of aliphatic hydroxyl groups is 1. The van der Waals surface area contributed by atoms with Gasteiger partial charge in [-0.15, -0.1) is 5.10 Å². The zero-order chi connectivity index (χ0) is 13.3. The molecule has 8 nitrogen and oxygen atoms in total. The number of hydrogen-bond donors (Lipinski definition) is 2. The third-order valence-electron chi connectivity index (χ3n) is 3.23. The molecule has 1 aromatic heterocycles. The van der Waals surface area contributed by atoms with Crippen LogP contribution in [0.2, 0.25) is 0 Å². The van der Waals surface area contributed by atoms with Gasteiger partial charge in [-0.3, -0.25) is 14.8 Å². The van der Waals surface area contributed by atoms with E-state index in [9.17, 15) is 15.2 Å². The van der Waals surface area contributed by atoms with Crippen LogP contribution in [0.3, 0.4) is 0 Å². The van der Waals surface area contributed by atoms with E-state index in [-0.39, 0.29) is 24.2 Å². The number of nitrogens with zero attached hydrogens (tertiary/aromatic N) is 3. The van der Waals surface area contributed by atoms with Gasteiger partial charge in [0, 0.05) is 26.6 Å². The Bertz CT molecular complexity index is 461. The van der Waals surface area contributed by atoms with E-state index in [4.69, 9.17) is 4.74 Å². The zero-order valence-electron chi connectivity index (χ0n) is 10.3. The molecule has 2 heterocycles. The third-order valence-corrected chi connectivity index (χ3v) is 3.23. The summed E-state index contributed by atoms with van der Waals surface area (Å²) in [7, 11) is 1.61. The standard InChI is InChI=1S/C10H16N4O4/c1-7-10(15,3-4-18-7)6-11-9-8(14(16)17)5-13(2)12-9/h5,7,15H,3-4,6H2,1-2H3,(H,11,12).